The van der Waals surface area contributed by atoms with Gasteiger partial charge in [-0.25, -0.2) is 4.79 Å². The third kappa shape index (κ3) is 3.34. The summed E-state index contributed by atoms with van der Waals surface area (Å²) in [4.78, 5) is 12.6. The summed E-state index contributed by atoms with van der Waals surface area (Å²) in [5, 5.41) is 4.26. The Morgan fingerprint density at radius 2 is 2.09 bits per heavy atom. The first-order chi connectivity index (χ1) is 10.5. The van der Waals surface area contributed by atoms with Gasteiger partial charge in [0.25, 0.3) is 0 Å². The maximum absolute atomic E-state index is 12.0. The summed E-state index contributed by atoms with van der Waals surface area (Å²) in [5.74, 6) is 0.757. The van der Waals surface area contributed by atoms with E-state index in [-0.39, 0.29) is 12.0 Å². The topological polar surface area (TPSA) is 73.6 Å². The highest BCUT2D eigenvalue weighted by Crippen LogP contribution is 2.38. The lowest BCUT2D eigenvalue weighted by Crippen LogP contribution is -2.34. The second kappa shape index (κ2) is 6.98. The van der Waals surface area contributed by atoms with Crippen LogP contribution in [0, 0.1) is 5.92 Å². The van der Waals surface area contributed by atoms with Crippen LogP contribution in [0.1, 0.15) is 23.5 Å². The molecule has 0 fully saturated rings. The van der Waals surface area contributed by atoms with Crippen molar-refractivity contribution >= 4 is 33.1 Å². The van der Waals surface area contributed by atoms with E-state index in [0.29, 0.717) is 17.3 Å². The van der Waals surface area contributed by atoms with Gasteiger partial charge in [0.2, 0.25) is 0 Å². The number of thiophene rings is 1. The zero-order chi connectivity index (χ0) is 16.3. The molecule has 2 aromatic rings. The van der Waals surface area contributed by atoms with Crippen LogP contribution in [0.15, 0.2) is 18.2 Å². The van der Waals surface area contributed by atoms with Crippen molar-refractivity contribution in [2.24, 2.45) is 11.7 Å². The quantitative estimate of drug-likeness (QED) is 0.800. The van der Waals surface area contributed by atoms with Gasteiger partial charge in [0, 0.05) is 22.7 Å². The predicted octanol–water partition coefficient (Wildman–Crippen LogP) is 3.09. The second-order valence-corrected chi connectivity index (χ2v) is 6.50. The Labute approximate surface area is 134 Å². The lowest BCUT2D eigenvalue weighted by atomic mass is 10.1. The summed E-state index contributed by atoms with van der Waals surface area (Å²) in [6, 6.07) is 5.75. The third-order valence-corrected chi connectivity index (χ3v) is 4.79. The van der Waals surface area contributed by atoms with Crippen molar-refractivity contribution < 1.29 is 14.3 Å². The summed E-state index contributed by atoms with van der Waals surface area (Å²) in [6.45, 7) is 4.73. The Morgan fingerprint density at radius 1 is 1.36 bits per heavy atom. The molecule has 0 aliphatic rings. The van der Waals surface area contributed by atoms with Crippen LogP contribution >= 0.6 is 11.3 Å². The van der Waals surface area contributed by atoms with Crippen molar-refractivity contribution in [3.63, 3.8) is 0 Å². The van der Waals surface area contributed by atoms with Gasteiger partial charge in [-0.15, -0.1) is 11.3 Å². The largest absolute Gasteiger partial charge is 0.497 e. The molecular weight excluding hydrogens is 300 g/mol. The van der Waals surface area contributed by atoms with E-state index in [1.165, 1.54) is 18.4 Å². The van der Waals surface area contributed by atoms with E-state index in [2.05, 4.69) is 19.2 Å². The lowest BCUT2D eigenvalue weighted by molar-refractivity contribution is 0.0607. The first kappa shape index (κ1) is 16.6. The number of carbonyl (C=O) groups is 1. The molecule has 22 heavy (non-hydrogen) atoms. The number of hydrogen-bond acceptors (Lipinski definition) is 6. The molecule has 1 unspecified atom stereocenters. The van der Waals surface area contributed by atoms with Crippen LogP contribution in [0.4, 0.5) is 5.69 Å². The fourth-order valence-electron chi connectivity index (χ4n) is 2.07. The number of anilines is 1. The first-order valence-corrected chi connectivity index (χ1v) is 7.97. The lowest BCUT2D eigenvalue weighted by Gasteiger charge is -2.17. The summed E-state index contributed by atoms with van der Waals surface area (Å²) in [5.41, 5.74) is 6.86. The summed E-state index contributed by atoms with van der Waals surface area (Å²) in [6.07, 6.45) is 0. The van der Waals surface area contributed by atoms with Crippen LogP contribution in [-0.4, -0.2) is 32.8 Å². The molecule has 1 atom stereocenters. The number of ether oxygens (including phenoxy) is 2. The number of hydrogen-bond donors (Lipinski definition) is 2. The zero-order valence-electron chi connectivity index (χ0n) is 13.3. The molecule has 0 bridgehead atoms. The SMILES string of the molecule is COC(=O)c1sc2ccc(OC)cc2c1NCC(N)C(C)C. The molecule has 0 radical (unpaired) electrons. The van der Waals surface area contributed by atoms with Gasteiger partial charge >= 0.3 is 5.97 Å². The van der Waals surface area contributed by atoms with Crippen molar-refractivity contribution in [1.29, 1.82) is 0 Å². The van der Waals surface area contributed by atoms with Crippen LogP contribution in [-0.2, 0) is 4.74 Å². The van der Waals surface area contributed by atoms with E-state index in [0.717, 1.165) is 21.5 Å². The van der Waals surface area contributed by atoms with Gasteiger partial charge in [0.1, 0.15) is 10.6 Å². The van der Waals surface area contributed by atoms with Crippen LogP contribution in [0.25, 0.3) is 10.1 Å². The highest BCUT2D eigenvalue weighted by molar-refractivity contribution is 7.21. The average molecular weight is 322 g/mol. The average Bonchev–Trinajstić information content (AvgIpc) is 2.89. The van der Waals surface area contributed by atoms with Gasteiger partial charge in [-0.1, -0.05) is 13.8 Å². The molecule has 3 N–H and O–H groups in total. The van der Waals surface area contributed by atoms with Crippen molar-refractivity contribution in [3.8, 4) is 5.75 Å². The van der Waals surface area contributed by atoms with Crippen LogP contribution in [0.3, 0.4) is 0 Å². The molecule has 120 valence electrons. The normalized spacial score (nSPS) is 12.5. The van der Waals surface area contributed by atoms with Crippen molar-refractivity contribution in [2.45, 2.75) is 19.9 Å². The minimum absolute atomic E-state index is 0.00561. The molecule has 0 spiro atoms. The molecule has 0 amide bonds. The minimum Gasteiger partial charge on any atom is -0.497 e. The Hall–Kier alpha value is -1.79. The van der Waals surface area contributed by atoms with E-state index in [4.69, 9.17) is 15.2 Å². The van der Waals surface area contributed by atoms with Crippen molar-refractivity contribution in [3.05, 3.63) is 23.1 Å². The van der Waals surface area contributed by atoms with Crippen LogP contribution in [0.2, 0.25) is 0 Å². The molecule has 1 heterocycles. The Bertz CT molecular complexity index is 667. The third-order valence-electron chi connectivity index (χ3n) is 3.64. The second-order valence-electron chi connectivity index (χ2n) is 5.45. The van der Waals surface area contributed by atoms with E-state index >= 15 is 0 Å². The number of rotatable bonds is 6. The number of nitrogens with two attached hydrogens (primary N) is 1. The van der Waals surface area contributed by atoms with Gasteiger partial charge in [-0.05, 0) is 24.1 Å². The maximum Gasteiger partial charge on any atom is 0.350 e. The van der Waals surface area contributed by atoms with Gasteiger partial charge in [-0.3, -0.25) is 0 Å². The molecule has 5 nitrogen and oxygen atoms in total. The smallest absolute Gasteiger partial charge is 0.350 e. The van der Waals surface area contributed by atoms with Crippen molar-refractivity contribution in [2.75, 3.05) is 26.1 Å². The molecule has 1 aromatic heterocycles. The fraction of sp³-hybridized carbons (Fsp3) is 0.438. The van der Waals surface area contributed by atoms with E-state index in [1.807, 2.05) is 18.2 Å². The van der Waals surface area contributed by atoms with Crippen LogP contribution in [0.5, 0.6) is 5.75 Å². The molecule has 0 aliphatic carbocycles. The highest BCUT2D eigenvalue weighted by Gasteiger charge is 2.20. The molecule has 6 heteroatoms. The highest BCUT2D eigenvalue weighted by atomic mass is 32.1. The van der Waals surface area contributed by atoms with E-state index in [9.17, 15) is 4.79 Å². The number of fused-ring (bicyclic) bond motifs is 1. The summed E-state index contributed by atoms with van der Waals surface area (Å²) < 4.78 is 11.2. The van der Waals surface area contributed by atoms with Crippen LogP contribution < -0.4 is 15.8 Å². The minimum atomic E-state index is -0.346. The fourth-order valence-corrected chi connectivity index (χ4v) is 3.15. The standard InChI is InChI=1S/C16H22N2O3S/c1-9(2)12(17)8-18-14-11-7-10(20-3)5-6-13(11)22-15(14)16(19)21-4/h5-7,9,12,18H,8,17H2,1-4H3. The van der Waals surface area contributed by atoms with E-state index in [1.54, 1.807) is 7.11 Å². The number of benzene rings is 1. The molecule has 0 saturated heterocycles. The van der Waals surface area contributed by atoms with Gasteiger partial charge in [0.15, 0.2) is 0 Å². The number of nitrogens with one attached hydrogen (secondary N) is 1. The molecule has 0 aliphatic heterocycles. The Balaban J connectivity index is 2.44. The first-order valence-electron chi connectivity index (χ1n) is 7.16. The van der Waals surface area contributed by atoms with Gasteiger partial charge < -0.3 is 20.5 Å². The molecule has 1 aromatic carbocycles. The Morgan fingerprint density at radius 3 is 2.68 bits per heavy atom. The summed E-state index contributed by atoms with van der Waals surface area (Å²) >= 11 is 1.40. The predicted molar refractivity (Wildman–Crippen MR) is 91.0 cm³/mol. The number of esters is 1. The maximum atomic E-state index is 12.0. The Kier molecular flexibility index (Phi) is 5.26. The molecular formula is C16H22N2O3S. The van der Waals surface area contributed by atoms with Gasteiger partial charge in [0.05, 0.1) is 19.9 Å². The number of carbonyl (C=O) groups excluding carboxylic acids is 1. The number of methoxy groups -OCH3 is 2. The summed E-state index contributed by atoms with van der Waals surface area (Å²) in [7, 11) is 3.01. The zero-order valence-corrected chi connectivity index (χ0v) is 14.1. The van der Waals surface area contributed by atoms with Crippen molar-refractivity contribution in [1.82, 2.24) is 0 Å². The van der Waals surface area contributed by atoms with Gasteiger partial charge in [-0.2, -0.15) is 0 Å². The molecule has 2 rings (SSSR count). The molecule has 0 saturated carbocycles. The monoisotopic (exact) mass is 322 g/mol. The van der Waals surface area contributed by atoms with E-state index < -0.39 is 0 Å².